The quantitative estimate of drug-likeness (QED) is 0.657. The zero-order valence-corrected chi connectivity index (χ0v) is 15.5. The van der Waals surface area contributed by atoms with E-state index in [0.717, 1.165) is 11.4 Å². The monoisotopic (exact) mass is 369 g/mol. The lowest BCUT2D eigenvalue weighted by Crippen LogP contribution is -2.36. The number of amides is 1. The number of hydrogen-bond donors (Lipinski definition) is 0. The van der Waals surface area contributed by atoms with E-state index in [1.807, 2.05) is 31.3 Å². The third-order valence-corrected chi connectivity index (χ3v) is 5.26. The Bertz CT molecular complexity index is 911. The second-order valence-electron chi connectivity index (χ2n) is 6.77. The molecule has 1 saturated carbocycles. The van der Waals surface area contributed by atoms with Crippen LogP contribution in [0.3, 0.4) is 0 Å². The molecule has 0 aliphatic heterocycles. The SMILES string of the molecule is C[C@@H](C1CC1)N(C)C(=O)c1cc(-c2ccco2)n(-c2ccc(Cl)cc2)n1. The molecule has 2 aromatic heterocycles. The zero-order chi connectivity index (χ0) is 18.3. The Morgan fingerprint density at radius 2 is 2.04 bits per heavy atom. The smallest absolute Gasteiger partial charge is 0.274 e. The van der Waals surface area contributed by atoms with Gasteiger partial charge in [-0.1, -0.05) is 11.6 Å². The molecule has 0 radical (unpaired) electrons. The second-order valence-corrected chi connectivity index (χ2v) is 7.21. The van der Waals surface area contributed by atoms with Gasteiger partial charge in [-0.3, -0.25) is 4.79 Å². The van der Waals surface area contributed by atoms with E-state index >= 15 is 0 Å². The first-order chi connectivity index (χ1) is 12.5. The maximum Gasteiger partial charge on any atom is 0.274 e. The fraction of sp³-hybridized carbons (Fsp3) is 0.300. The predicted molar refractivity (Wildman–Crippen MR) is 101 cm³/mol. The van der Waals surface area contributed by atoms with E-state index in [1.165, 1.54) is 12.8 Å². The number of benzene rings is 1. The number of rotatable bonds is 5. The normalized spacial score (nSPS) is 15.0. The minimum atomic E-state index is -0.0788. The van der Waals surface area contributed by atoms with E-state index in [4.69, 9.17) is 16.0 Å². The topological polar surface area (TPSA) is 51.3 Å². The van der Waals surface area contributed by atoms with Crippen molar-refractivity contribution in [2.75, 3.05) is 7.05 Å². The first-order valence-corrected chi connectivity index (χ1v) is 9.09. The lowest BCUT2D eigenvalue weighted by molar-refractivity contribution is 0.0721. The summed E-state index contributed by atoms with van der Waals surface area (Å²) in [5.41, 5.74) is 1.95. The molecule has 1 aliphatic rings. The fourth-order valence-corrected chi connectivity index (χ4v) is 3.25. The molecule has 4 rings (SSSR count). The van der Waals surface area contributed by atoms with Crippen LogP contribution in [0.4, 0.5) is 0 Å². The van der Waals surface area contributed by atoms with Crippen molar-refractivity contribution in [3.05, 3.63) is 59.4 Å². The van der Waals surface area contributed by atoms with Gasteiger partial charge in [0.25, 0.3) is 5.91 Å². The standard InChI is InChI=1S/C20H20ClN3O2/c1-13(14-5-6-14)23(2)20(25)17-12-18(19-4-3-11-26-19)24(22-17)16-9-7-15(21)8-10-16/h3-4,7-14H,5-6H2,1-2H3/t13-/m0/s1. The summed E-state index contributed by atoms with van der Waals surface area (Å²) in [7, 11) is 1.85. The second kappa shape index (κ2) is 6.65. The van der Waals surface area contributed by atoms with Gasteiger partial charge >= 0.3 is 0 Å². The van der Waals surface area contributed by atoms with Crippen LogP contribution in [0.25, 0.3) is 17.1 Å². The maximum atomic E-state index is 12.9. The van der Waals surface area contributed by atoms with Gasteiger partial charge in [-0.05, 0) is 62.1 Å². The highest BCUT2D eigenvalue weighted by Crippen LogP contribution is 2.35. The highest BCUT2D eigenvalue weighted by atomic mass is 35.5. The van der Waals surface area contributed by atoms with Crippen LogP contribution in [0.15, 0.2) is 53.1 Å². The molecule has 1 aliphatic carbocycles. The van der Waals surface area contributed by atoms with Gasteiger partial charge in [-0.2, -0.15) is 5.10 Å². The number of carbonyl (C=O) groups excluding carboxylic acids is 1. The fourth-order valence-electron chi connectivity index (χ4n) is 3.13. The first kappa shape index (κ1) is 16.9. The molecule has 0 saturated heterocycles. The molecular weight excluding hydrogens is 350 g/mol. The van der Waals surface area contributed by atoms with Crippen LogP contribution in [0.5, 0.6) is 0 Å². The summed E-state index contributed by atoms with van der Waals surface area (Å²) < 4.78 is 7.26. The molecule has 1 aromatic carbocycles. The van der Waals surface area contributed by atoms with Crippen LogP contribution in [-0.2, 0) is 0 Å². The van der Waals surface area contributed by atoms with Crippen LogP contribution in [0, 0.1) is 5.92 Å². The Morgan fingerprint density at radius 1 is 1.31 bits per heavy atom. The summed E-state index contributed by atoms with van der Waals surface area (Å²) in [4.78, 5) is 14.7. The Labute approximate surface area is 157 Å². The van der Waals surface area contributed by atoms with Crippen molar-refractivity contribution in [1.82, 2.24) is 14.7 Å². The molecule has 0 spiro atoms. The third kappa shape index (κ3) is 3.15. The maximum absolute atomic E-state index is 12.9. The number of carbonyl (C=O) groups is 1. The van der Waals surface area contributed by atoms with Crippen LogP contribution in [-0.4, -0.2) is 33.7 Å². The Morgan fingerprint density at radius 3 is 2.65 bits per heavy atom. The third-order valence-electron chi connectivity index (χ3n) is 5.01. The summed E-state index contributed by atoms with van der Waals surface area (Å²) in [6.07, 6.45) is 3.99. The number of aromatic nitrogens is 2. The molecule has 0 unspecified atom stereocenters. The number of halogens is 1. The largest absolute Gasteiger partial charge is 0.463 e. The Balaban J connectivity index is 1.73. The number of furan rings is 1. The van der Waals surface area contributed by atoms with Crippen LogP contribution < -0.4 is 0 Å². The molecule has 134 valence electrons. The highest BCUT2D eigenvalue weighted by Gasteiger charge is 2.33. The van der Waals surface area contributed by atoms with Gasteiger partial charge in [0.2, 0.25) is 0 Å². The number of hydrogen-bond acceptors (Lipinski definition) is 3. The molecule has 2 heterocycles. The lowest BCUT2D eigenvalue weighted by atomic mass is 10.2. The van der Waals surface area contributed by atoms with Crippen molar-refractivity contribution in [3.63, 3.8) is 0 Å². The van der Waals surface area contributed by atoms with Gasteiger partial charge in [0, 0.05) is 24.2 Å². The average molecular weight is 370 g/mol. The summed E-state index contributed by atoms with van der Waals surface area (Å²) >= 11 is 6.00. The van der Waals surface area contributed by atoms with Crippen molar-refractivity contribution < 1.29 is 9.21 Å². The molecule has 1 fully saturated rings. The molecule has 0 bridgehead atoms. The molecule has 5 nitrogen and oxygen atoms in total. The number of nitrogens with zero attached hydrogens (tertiary/aromatic N) is 3. The van der Waals surface area contributed by atoms with Gasteiger partial charge in [0.1, 0.15) is 5.69 Å². The Hall–Kier alpha value is -2.53. The van der Waals surface area contributed by atoms with E-state index < -0.39 is 0 Å². The van der Waals surface area contributed by atoms with Crippen molar-refractivity contribution in [2.45, 2.75) is 25.8 Å². The zero-order valence-electron chi connectivity index (χ0n) is 14.7. The molecule has 1 atom stereocenters. The van der Waals surface area contributed by atoms with Crippen molar-refractivity contribution in [1.29, 1.82) is 0 Å². The van der Waals surface area contributed by atoms with Crippen LogP contribution in [0.2, 0.25) is 5.02 Å². The highest BCUT2D eigenvalue weighted by molar-refractivity contribution is 6.30. The Kier molecular flexibility index (Phi) is 4.32. The van der Waals surface area contributed by atoms with Crippen molar-refractivity contribution in [3.8, 4) is 17.1 Å². The van der Waals surface area contributed by atoms with Gasteiger partial charge in [-0.15, -0.1) is 0 Å². The predicted octanol–water partition coefficient (Wildman–Crippen LogP) is 4.66. The molecule has 1 amide bonds. The summed E-state index contributed by atoms with van der Waals surface area (Å²) in [5.74, 6) is 1.18. The average Bonchev–Trinajstić information content (AvgIpc) is 3.18. The molecular formula is C20H20ClN3O2. The first-order valence-electron chi connectivity index (χ1n) is 8.71. The summed E-state index contributed by atoms with van der Waals surface area (Å²) in [6.45, 7) is 2.10. The van der Waals surface area contributed by atoms with E-state index in [-0.39, 0.29) is 11.9 Å². The van der Waals surface area contributed by atoms with Crippen molar-refractivity contribution in [2.24, 2.45) is 5.92 Å². The van der Waals surface area contributed by atoms with E-state index in [2.05, 4.69) is 12.0 Å². The minimum Gasteiger partial charge on any atom is -0.463 e. The van der Waals surface area contributed by atoms with Gasteiger partial charge in [-0.25, -0.2) is 4.68 Å². The molecule has 26 heavy (non-hydrogen) atoms. The molecule has 0 N–H and O–H groups in total. The summed E-state index contributed by atoms with van der Waals surface area (Å²) in [5, 5.41) is 5.22. The molecule has 3 aromatic rings. The molecule has 6 heteroatoms. The van der Waals surface area contributed by atoms with E-state index in [1.54, 1.807) is 34.0 Å². The van der Waals surface area contributed by atoms with Gasteiger partial charge in [0.15, 0.2) is 11.5 Å². The van der Waals surface area contributed by atoms with E-state index in [9.17, 15) is 4.79 Å². The lowest BCUT2D eigenvalue weighted by Gasteiger charge is -2.23. The van der Waals surface area contributed by atoms with Gasteiger partial charge < -0.3 is 9.32 Å². The van der Waals surface area contributed by atoms with Crippen LogP contribution >= 0.6 is 11.6 Å². The summed E-state index contributed by atoms with van der Waals surface area (Å²) in [6, 6.07) is 13.0. The van der Waals surface area contributed by atoms with Crippen LogP contribution in [0.1, 0.15) is 30.3 Å². The van der Waals surface area contributed by atoms with E-state index in [0.29, 0.717) is 22.4 Å². The minimum absolute atomic E-state index is 0.0788. The van der Waals surface area contributed by atoms with Crippen molar-refractivity contribution >= 4 is 17.5 Å². The van der Waals surface area contributed by atoms with Gasteiger partial charge in [0.05, 0.1) is 12.0 Å².